The Labute approximate surface area is 127 Å². The Morgan fingerprint density at radius 1 is 1.29 bits per heavy atom. The average molecular weight is 354 g/mol. The predicted molar refractivity (Wildman–Crippen MR) is 80.7 cm³/mol. The zero-order valence-corrected chi connectivity index (χ0v) is 13.6. The quantitative estimate of drug-likeness (QED) is 0.795. The van der Waals surface area contributed by atoms with Crippen molar-refractivity contribution in [2.45, 2.75) is 10.3 Å². The molecule has 2 rings (SSSR count). The third-order valence-electron chi connectivity index (χ3n) is 3.03. The van der Waals surface area contributed by atoms with E-state index in [1.807, 2.05) is 0 Å². The van der Waals surface area contributed by atoms with Gasteiger partial charge in [0, 0.05) is 30.0 Å². The summed E-state index contributed by atoms with van der Waals surface area (Å²) < 4.78 is 63.0. The molecule has 1 aliphatic rings. The predicted octanol–water partition coefficient (Wildman–Crippen LogP) is 0.516. The van der Waals surface area contributed by atoms with Crippen molar-refractivity contribution in [3.8, 4) is 0 Å². The minimum Gasteiger partial charge on any atom is -0.399 e. The van der Waals surface area contributed by atoms with Crippen molar-refractivity contribution < 1.29 is 21.2 Å². The van der Waals surface area contributed by atoms with Crippen LogP contribution in [-0.2, 0) is 19.9 Å². The van der Waals surface area contributed by atoms with E-state index < -0.39 is 31.1 Å². The first-order chi connectivity index (χ1) is 9.62. The number of thioether (sulfide) groups is 1. The molecule has 2 N–H and O–H groups in total. The van der Waals surface area contributed by atoms with Gasteiger partial charge in [0.2, 0.25) is 10.0 Å². The van der Waals surface area contributed by atoms with Gasteiger partial charge in [-0.15, -0.1) is 0 Å². The lowest BCUT2D eigenvalue weighted by Gasteiger charge is -2.32. The Balaban J connectivity index is 2.50. The van der Waals surface area contributed by atoms with Crippen LogP contribution in [-0.4, -0.2) is 50.8 Å². The molecule has 1 saturated heterocycles. The van der Waals surface area contributed by atoms with Crippen LogP contribution >= 0.6 is 11.8 Å². The normalized spacial score (nSPS) is 21.3. The van der Waals surface area contributed by atoms with Gasteiger partial charge in [-0.25, -0.2) is 21.2 Å². The first kappa shape index (κ1) is 16.5. The second kappa shape index (κ2) is 5.75. The molecule has 1 aliphatic heterocycles. The Hall–Kier alpha value is -0.840. The second-order valence-corrected chi connectivity index (χ2v) is 9.94. The maximum absolute atomic E-state index is 13.4. The van der Waals surface area contributed by atoms with E-state index in [0.717, 1.165) is 28.8 Å². The molecule has 0 aromatic heterocycles. The van der Waals surface area contributed by atoms with Crippen LogP contribution in [0.15, 0.2) is 23.1 Å². The third kappa shape index (κ3) is 3.50. The fourth-order valence-electron chi connectivity index (χ4n) is 2.05. The molecular formula is C11H15FN2O4S3. The number of nitrogens with two attached hydrogens (primary N) is 1. The van der Waals surface area contributed by atoms with Crippen LogP contribution in [0.1, 0.15) is 0 Å². The smallest absolute Gasteiger partial charge is 0.244 e. The van der Waals surface area contributed by atoms with Gasteiger partial charge in [-0.2, -0.15) is 16.1 Å². The molecule has 6 nitrogen and oxygen atoms in total. The SMILES string of the molecule is CS(=O)(=O)C1CSCCN1S(=O)(=O)c1cc(N)cc(F)c1. The molecular weight excluding hydrogens is 339 g/mol. The fraction of sp³-hybridized carbons (Fsp3) is 0.455. The largest absolute Gasteiger partial charge is 0.399 e. The summed E-state index contributed by atoms with van der Waals surface area (Å²) in [7, 11) is -7.70. The van der Waals surface area contributed by atoms with Crippen LogP contribution in [0.5, 0.6) is 0 Å². The maximum atomic E-state index is 13.4. The van der Waals surface area contributed by atoms with Crippen LogP contribution in [0, 0.1) is 5.82 Å². The highest BCUT2D eigenvalue weighted by Crippen LogP contribution is 2.28. The molecule has 118 valence electrons. The van der Waals surface area contributed by atoms with Crippen molar-refractivity contribution in [3.63, 3.8) is 0 Å². The number of nitrogens with zero attached hydrogens (tertiary/aromatic N) is 1. The summed E-state index contributed by atoms with van der Waals surface area (Å²) >= 11 is 1.37. The van der Waals surface area contributed by atoms with Crippen molar-refractivity contribution in [3.05, 3.63) is 24.0 Å². The van der Waals surface area contributed by atoms with Crippen molar-refractivity contribution in [1.82, 2.24) is 4.31 Å². The standard InChI is InChI=1S/C11H15FN2O4S3/c1-20(15,16)11-7-19-3-2-14(11)21(17,18)10-5-8(12)4-9(13)6-10/h4-6,11H,2-3,7,13H2,1H3. The number of hydrogen-bond acceptors (Lipinski definition) is 6. The van der Waals surface area contributed by atoms with Gasteiger partial charge < -0.3 is 5.73 Å². The molecule has 0 saturated carbocycles. The van der Waals surface area contributed by atoms with E-state index in [1.54, 1.807) is 0 Å². The van der Waals surface area contributed by atoms with Crippen molar-refractivity contribution in [2.75, 3.05) is 30.0 Å². The van der Waals surface area contributed by atoms with E-state index >= 15 is 0 Å². The molecule has 0 radical (unpaired) electrons. The zero-order chi connectivity index (χ0) is 15.8. The van der Waals surface area contributed by atoms with E-state index in [0.29, 0.717) is 5.75 Å². The molecule has 0 bridgehead atoms. The van der Waals surface area contributed by atoms with Gasteiger partial charge in [0.15, 0.2) is 9.84 Å². The van der Waals surface area contributed by atoms with Gasteiger partial charge in [-0.1, -0.05) is 0 Å². The molecule has 0 spiro atoms. The van der Waals surface area contributed by atoms with Gasteiger partial charge in [-0.05, 0) is 18.2 Å². The Kier molecular flexibility index (Phi) is 4.52. The van der Waals surface area contributed by atoms with Gasteiger partial charge in [0.05, 0.1) is 4.90 Å². The van der Waals surface area contributed by atoms with Crippen molar-refractivity contribution >= 4 is 37.3 Å². The second-order valence-electron chi connectivity index (χ2n) is 4.70. The summed E-state index contributed by atoms with van der Waals surface area (Å²) in [4.78, 5) is -0.333. The number of rotatable bonds is 3. The van der Waals surface area contributed by atoms with E-state index in [-0.39, 0.29) is 22.9 Å². The highest BCUT2D eigenvalue weighted by molar-refractivity contribution is 8.01. The summed E-state index contributed by atoms with van der Waals surface area (Å²) in [5.41, 5.74) is 5.43. The van der Waals surface area contributed by atoms with Gasteiger partial charge in [-0.3, -0.25) is 0 Å². The molecule has 21 heavy (non-hydrogen) atoms. The van der Waals surface area contributed by atoms with Crippen LogP contribution in [0.2, 0.25) is 0 Å². The molecule has 1 aromatic rings. The van der Waals surface area contributed by atoms with Gasteiger partial charge >= 0.3 is 0 Å². The number of hydrogen-bond donors (Lipinski definition) is 1. The van der Waals surface area contributed by atoms with Crippen LogP contribution in [0.4, 0.5) is 10.1 Å². The number of sulfone groups is 1. The molecule has 1 atom stereocenters. The molecule has 1 aromatic carbocycles. The minimum atomic E-state index is -4.12. The molecule has 10 heteroatoms. The minimum absolute atomic E-state index is 0.0316. The Morgan fingerprint density at radius 3 is 2.52 bits per heavy atom. The molecule has 1 heterocycles. The fourth-order valence-corrected chi connectivity index (χ4v) is 7.28. The summed E-state index contributed by atoms with van der Waals surface area (Å²) in [6.45, 7) is 0.0567. The number of nitrogen functional groups attached to an aromatic ring is 1. The molecule has 1 fully saturated rings. The molecule has 0 amide bonds. The summed E-state index contributed by atoms with van der Waals surface area (Å²) in [5, 5.41) is -1.15. The third-order valence-corrected chi connectivity index (χ3v) is 7.69. The van der Waals surface area contributed by atoms with E-state index in [9.17, 15) is 21.2 Å². The van der Waals surface area contributed by atoms with E-state index in [2.05, 4.69) is 0 Å². The maximum Gasteiger partial charge on any atom is 0.244 e. The van der Waals surface area contributed by atoms with Gasteiger partial charge in [0.25, 0.3) is 0 Å². The Bertz CT molecular complexity index is 728. The number of anilines is 1. The zero-order valence-electron chi connectivity index (χ0n) is 11.2. The van der Waals surface area contributed by atoms with Crippen molar-refractivity contribution in [1.29, 1.82) is 0 Å². The summed E-state index contributed by atoms with van der Waals surface area (Å²) in [5.74, 6) is -0.144. The van der Waals surface area contributed by atoms with Gasteiger partial charge in [0.1, 0.15) is 11.2 Å². The number of benzene rings is 1. The Morgan fingerprint density at radius 2 is 1.95 bits per heavy atom. The molecule has 1 unspecified atom stereocenters. The lowest BCUT2D eigenvalue weighted by atomic mass is 10.3. The summed E-state index contributed by atoms with van der Waals surface area (Å²) in [6.07, 6.45) is 0.992. The monoisotopic (exact) mass is 354 g/mol. The number of sulfonamides is 1. The first-order valence-corrected chi connectivity index (χ1v) is 10.5. The van der Waals surface area contributed by atoms with E-state index in [1.165, 1.54) is 11.8 Å². The van der Waals surface area contributed by atoms with Crippen LogP contribution in [0.25, 0.3) is 0 Å². The average Bonchev–Trinajstić information content (AvgIpc) is 2.36. The van der Waals surface area contributed by atoms with E-state index in [4.69, 9.17) is 5.73 Å². The van der Waals surface area contributed by atoms with Crippen LogP contribution in [0.3, 0.4) is 0 Å². The first-order valence-electron chi connectivity index (χ1n) is 5.97. The topological polar surface area (TPSA) is 97.5 Å². The van der Waals surface area contributed by atoms with Crippen LogP contribution < -0.4 is 5.73 Å². The van der Waals surface area contributed by atoms with Crippen molar-refractivity contribution in [2.24, 2.45) is 0 Å². The molecule has 0 aliphatic carbocycles. The highest BCUT2D eigenvalue weighted by atomic mass is 32.2. The number of halogens is 1. The lowest BCUT2D eigenvalue weighted by Crippen LogP contribution is -2.49. The highest BCUT2D eigenvalue weighted by Gasteiger charge is 2.39. The lowest BCUT2D eigenvalue weighted by molar-refractivity contribution is 0.404. The summed E-state index contributed by atoms with van der Waals surface area (Å²) in [6, 6.07) is 2.96.